The summed E-state index contributed by atoms with van der Waals surface area (Å²) >= 11 is 6.04. The standard InChI is InChI=1S/C14H17ClN4O/c1-2-19-14(20)13(15)12(9-18-19)17-8-11-5-3-10(7-16)4-6-11/h3-6,9,17H,2,7-8,16H2,1H3. The maximum atomic E-state index is 11.8. The molecule has 3 N–H and O–H groups in total. The minimum atomic E-state index is -0.280. The van der Waals surface area contributed by atoms with E-state index < -0.39 is 0 Å². The van der Waals surface area contributed by atoms with E-state index in [0.29, 0.717) is 25.3 Å². The van der Waals surface area contributed by atoms with Gasteiger partial charge in [0, 0.05) is 19.6 Å². The zero-order valence-corrected chi connectivity index (χ0v) is 12.0. The number of anilines is 1. The molecule has 0 bridgehead atoms. The van der Waals surface area contributed by atoms with Crippen LogP contribution in [0.4, 0.5) is 5.69 Å². The third-order valence-corrected chi connectivity index (χ3v) is 3.39. The van der Waals surface area contributed by atoms with Crippen LogP contribution in [-0.2, 0) is 19.6 Å². The van der Waals surface area contributed by atoms with Crippen LogP contribution in [0, 0.1) is 0 Å². The third kappa shape index (κ3) is 3.18. The Morgan fingerprint density at radius 3 is 2.55 bits per heavy atom. The largest absolute Gasteiger partial charge is 0.378 e. The van der Waals surface area contributed by atoms with Gasteiger partial charge in [0.15, 0.2) is 0 Å². The third-order valence-electron chi connectivity index (χ3n) is 3.03. The van der Waals surface area contributed by atoms with Crippen molar-refractivity contribution >= 4 is 17.3 Å². The van der Waals surface area contributed by atoms with Crippen molar-refractivity contribution < 1.29 is 0 Å². The summed E-state index contributed by atoms with van der Waals surface area (Å²) in [4.78, 5) is 11.8. The van der Waals surface area contributed by atoms with Crippen molar-refractivity contribution in [2.75, 3.05) is 5.32 Å². The summed E-state index contributed by atoms with van der Waals surface area (Å²) in [6, 6.07) is 7.94. The first-order valence-electron chi connectivity index (χ1n) is 6.43. The minimum Gasteiger partial charge on any atom is -0.378 e. The van der Waals surface area contributed by atoms with Crippen molar-refractivity contribution in [3.63, 3.8) is 0 Å². The summed E-state index contributed by atoms with van der Waals surface area (Å²) < 4.78 is 1.32. The van der Waals surface area contributed by atoms with Crippen molar-refractivity contribution in [3.8, 4) is 0 Å². The second-order valence-electron chi connectivity index (χ2n) is 4.37. The van der Waals surface area contributed by atoms with Gasteiger partial charge in [-0.05, 0) is 18.1 Å². The summed E-state index contributed by atoms with van der Waals surface area (Å²) in [6.45, 7) is 3.44. The average molecular weight is 293 g/mol. The first-order chi connectivity index (χ1) is 9.65. The Kier molecular flexibility index (Phi) is 4.76. The van der Waals surface area contributed by atoms with Gasteiger partial charge in [-0.1, -0.05) is 35.9 Å². The highest BCUT2D eigenvalue weighted by Gasteiger charge is 2.07. The molecule has 6 heteroatoms. The highest BCUT2D eigenvalue weighted by molar-refractivity contribution is 6.32. The molecule has 0 radical (unpaired) electrons. The summed E-state index contributed by atoms with van der Waals surface area (Å²) in [6.07, 6.45) is 1.57. The van der Waals surface area contributed by atoms with Gasteiger partial charge in [-0.3, -0.25) is 4.79 Å². The highest BCUT2D eigenvalue weighted by Crippen LogP contribution is 2.16. The first kappa shape index (κ1) is 14.6. The Morgan fingerprint density at radius 2 is 1.95 bits per heavy atom. The Labute approximate surface area is 122 Å². The maximum Gasteiger partial charge on any atom is 0.287 e. The predicted octanol–water partition coefficient (Wildman–Crippen LogP) is 1.99. The maximum absolute atomic E-state index is 11.8. The van der Waals surface area contributed by atoms with Crippen molar-refractivity contribution in [3.05, 3.63) is 57.0 Å². The number of hydrogen-bond donors (Lipinski definition) is 2. The van der Waals surface area contributed by atoms with Crippen molar-refractivity contribution in [2.45, 2.75) is 26.6 Å². The molecule has 0 saturated heterocycles. The van der Waals surface area contributed by atoms with E-state index >= 15 is 0 Å². The normalized spacial score (nSPS) is 10.6. The second-order valence-corrected chi connectivity index (χ2v) is 4.75. The molecule has 2 rings (SSSR count). The Morgan fingerprint density at radius 1 is 1.30 bits per heavy atom. The monoisotopic (exact) mass is 292 g/mol. The molecular weight excluding hydrogens is 276 g/mol. The topological polar surface area (TPSA) is 72.9 Å². The number of nitrogens with two attached hydrogens (primary N) is 1. The van der Waals surface area contributed by atoms with Gasteiger partial charge in [0.05, 0.1) is 11.9 Å². The number of aromatic nitrogens is 2. The van der Waals surface area contributed by atoms with E-state index in [2.05, 4.69) is 10.4 Å². The Bertz CT molecular complexity index is 637. The molecule has 0 amide bonds. The van der Waals surface area contributed by atoms with Crippen LogP contribution in [0.25, 0.3) is 0 Å². The fraction of sp³-hybridized carbons (Fsp3) is 0.286. The number of benzene rings is 1. The molecule has 106 valence electrons. The minimum absolute atomic E-state index is 0.167. The van der Waals surface area contributed by atoms with Crippen LogP contribution in [0.5, 0.6) is 0 Å². The summed E-state index contributed by atoms with van der Waals surface area (Å²) in [5, 5.41) is 7.32. The van der Waals surface area contributed by atoms with Crippen LogP contribution in [0.3, 0.4) is 0 Å². The fourth-order valence-electron chi connectivity index (χ4n) is 1.80. The molecule has 2 aromatic rings. The molecule has 1 aromatic carbocycles. The molecule has 5 nitrogen and oxygen atoms in total. The number of aryl methyl sites for hydroxylation is 1. The van der Waals surface area contributed by atoms with Gasteiger partial charge < -0.3 is 11.1 Å². The quantitative estimate of drug-likeness (QED) is 0.884. The second kappa shape index (κ2) is 6.54. The van der Waals surface area contributed by atoms with Gasteiger partial charge in [0.1, 0.15) is 5.02 Å². The van der Waals surface area contributed by atoms with E-state index in [1.54, 1.807) is 6.20 Å². The molecule has 1 heterocycles. The number of halogens is 1. The fourth-order valence-corrected chi connectivity index (χ4v) is 2.02. The number of rotatable bonds is 5. The number of nitrogens with one attached hydrogen (secondary N) is 1. The molecule has 0 fully saturated rings. The van der Waals surface area contributed by atoms with Gasteiger partial charge >= 0.3 is 0 Å². The molecule has 20 heavy (non-hydrogen) atoms. The van der Waals surface area contributed by atoms with Gasteiger partial charge in [-0.2, -0.15) is 5.10 Å². The van der Waals surface area contributed by atoms with E-state index in [0.717, 1.165) is 11.1 Å². The lowest BCUT2D eigenvalue weighted by atomic mass is 10.1. The van der Waals surface area contributed by atoms with Gasteiger partial charge in [0.25, 0.3) is 5.56 Å². The molecule has 0 spiro atoms. The molecule has 0 aliphatic heterocycles. The van der Waals surface area contributed by atoms with E-state index in [1.165, 1.54) is 4.68 Å². The van der Waals surface area contributed by atoms with Gasteiger partial charge in [0.2, 0.25) is 0 Å². The van der Waals surface area contributed by atoms with Crippen LogP contribution in [0.1, 0.15) is 18.1 Å². The number of nitrogens with zero attached hydrogens (tertiary/aromatic N) is 2. The van der Waals surface area contributed by atoms with Crippen LogP contribution in [0.15, 0.2) is 35.3 Å². The van der Waals surface area contributed by atoms with Crippen molar-refractivity contribution in [1.82, 2.24) is 9.78 Å². The first-order valence-corrected chi connectivity index (χ1v) is 6.81. The molecule has 0 saturated carbocycles. The van der Waals surface area contributed by atoms with Crippen LogP contribution in [0.2, 0.25) is 5.02 Å². The predicted molar refractivity (Wildman–Crippen MR) is 80.8 cm³/mol. The van der Waals surface area contributed by atoms with Crippen molar-refractivity contribution in [2.24, 2.45) is 5.73 Å². The average Bonchev–Trinajstić information content (AvgIpc) is 2.49. The summed E-state index contributed by atoms with van der Waals surface area (Å²) in [7, 11) is 0. The molecule has 0 aliphatic rings. The van der Waals surface area contributed by atoms with E-state index in [1.807, 2.05) is 31.2 Å². The van der Waals surface area contributed by atoms with Gasteiger partial charge in [-0.25, -0.2) is 4.68 Å². The molecule has 0 atom stereocenters. The van der Waals surface area contributed by atoms with Crippen LogP contribution < -0.4 is 16.6 Å². The lowest BCUT2D eigenvalue weighted by molar-refractivity contribution is 0.616. The highest BCUT2D eigenvalue weighted by atomic mass is 35.5. The Balaban J connectivity index is 2.10. The van der Waals surface area contributed by atoms with Crippen LogP contribution in [-0.4, -0.2) is 9.78 Å². The molecule has 1 aromatic heterocycles. The molecule has 0 aliphatic carbocycles. The zero-order valence-electron chi connectivity index (χ0n) is 11.3. The Hall–Kier alpha value is -1.85. The van der Waals surface area contributed by atoms with E-state index in [4.69, 9.17) is 17.3 Å². The van der Waals surface area contributed by atoms with Gasteiger partial charge in [-0.15, -0.1) is 0 Å². The molecular formula is C14H17ClN4O. The van der Waals surface area contributed by atoms with E-state index in [-0.39, 0.29) is 10.6 Å². The zero-order chi connectivity index (χ0) is 14.5. The smallest absolute Gasteiger partial charge is 0.287 e. The van der Waals surface area contributed by atoms with Crippen LogP contribution >= 0.6 is 11.6 Å². The summed E-state index contributed by atoms with van der Waals surface area (Å²) in [5.41, 5.74) is 7.98. The lowest BCUT2D eigenvalue weighted by Gasteiger charge is -2.09. The molecule has 0 unspecified atom stereocenters. The number of hydrogen-bond acceptors (Lipinski definition) is 4. The van der Waals surface area contributed by atoms with Crippen molar-refractivity contribution in [1.29, 1.82) is 0 Å². The van der Waals surface area contributed by atoms with E-state index in [9.17, 15) is 4.79 Å². The summed E-state index contributed by atoms with van der Waals surface area (Å²) in [5.74, 6) is 0. The SMILES string of the molecule is CCn1ncc(NCc2ccc(CN)cc2)c(Cl)c1=O. The lowest BCUT2D eigenvalue weighted by Crippen LogP contribution is -2.23.